The molecule has 6 heteroatoms. The van der Waals surface area contributed by atoms with E-state index in [9.17, 15) is 14.4 Å². The summed E-state index contributed by atoms with van der Waals surface area (Å²) >= 11 is 0. The second-order valence-corrected chi connectivity index (χ2v) is 8.90. The zero-order valence-electron chi connectivity index (χ0n) is 18.0. The van der Waals surface area contributed by atoms with Gasteiger partial charge in [-0.15, -0.1) is 0 Å². The van der Waals surface area contributed by atoms with Crippen molar-refractivity contribution in [1.82, 2.24) is 15.1 Å². The number of carbonyl (C=O) groups excluding carboxylic acids is 3. The van der Waals surface area contributed by atoms with E-state index in [-0.39, 0.29) is 30.2 Å². The third-order valence-corrected chi connectivity index (χ3v) is 6.38. The van der Waals surface area contributed by atoms with Crippen molar-refractivity contribution in [3.63, 3.8) is 0 Å². The van der Waals surface area contributed by atoms with Crippen molar-refractivity contribution in [2.45, 2.75) is 50.7 Å². The first-order valence-electron chi connectivity index (χ1n) is 11.3. The number of amides is 3. The first kappa shape index (κ1) is 20.5. The van der Waals surface area contributed by atoms with Crippen LogP contribution in [-0.4, -0.2) is 46.1 Å². The molecule has 0 saturated heterocycles. The van der Waals surface area contributed by atoms with E-state index in [1.807, 2.05) is 47.4 Å². The molecule has 1 aliphatic heterocycles. The van der Waals surface area contributed by atoms with Crippen LogP contribution in [0.1, 0.15) is 63.9 Å². The molecular formula is C26H27N3O3. The number of carbonyl (C=O) groups is 3. The summed E-state index contributed by atoms with van der Waals surface area (Å²) in [5, 5.41) is 2.99. The maximum Gasteiger partial charge on any atom is 0.258 e. The normalized spacial score (nSPS) is 17.3. The van der Waals surface area contributed by atoms with Crippen molar-refractivity contribution in [3.8, 4) is 0 Å². The number of nitrogens with one attached hydrogen (secondary N) is 1. The van der Waals surface area contributed by atoms with E-state index in [1.165, 1.54) is 0 Å². The first-order chi connectivity index (χ1) is 15.5. The molecule has 3 aliphatic rings. The molecule has 2 aromatic rings. The Labute approximate surface area is 187 Å². The number of rotatable bonds is 8. The molecule has 0 radical (unpaired) electrons. The fraction of sp³-hybridized carbons (Fsp3) is 0.346. The molecular weight excluding hydrogens is 402 g/mol. The van der Waals surface area contributed by atoms with Crippen LogP contribution in [0.4, 0.5) is 0 Å². The Morgan fingerprint density at radius 1 is 1.00 bits per heavy atom. The van der Waals surface area contributed by atoms with Gasteiger partial charge in [0.25, 0.3) is 11.8 Å². The SMILES string of the molecule is C=C1c2ccccc2C(=O)N1CCC(=O)N(Cc1ccc(C(=O)NC2CC2)cc1)C1CC1. The molecule has 0 spiro atoms. The number of fused-ring (bicyclic) bond motifs is 1. The molecule has 1 N–H and O–H groups in total. The monoisotopic (exact) mass is 429 g/mol. The smallest absolute Gasteiger partial charge is 0.258 e. The standard InChI is InChI=1S/C26H27N3O3/c1-17-22-4-2-3-5-23(22)26(32)28(17)15-14-24(30)29(21-12-13-21)16-18-6-8-19(9-7-18)25(31)27-20-10-11-20/h2-9,20-21H,1,10-16H2,(H,27,31). The van der Waals surface area contributed by atoms with Gasteiger partial charge in [0.15, 0.2) is 0 Å². The van der Waals surface area contributed by atoms with E-state index >= 15 is 0 Å². The van der Waals surface area contributed by atoms with Gasteiger partial charge in [-0.3, -0.25) is 14.4 Å². The van der Waals surface area contributed by atoms with Crippen LogP contribution in [0, 0.1) is 0 Å². The van der Waals surface area contributed by atoms with Gasteiger partial charge in [0.05, 0.1) is 0 Å². The van der Waals surface area contributed by atoms with Gasteiger partial charge in [0.2, 0.25) is 5.91 Å². The first-order valence-corrected chi connectivity index (χ1v) is 11.3. The highest BCUT2D eigenvalue weighted by atomic mass is 16.2. The summed E-state index contributed by atoms with van der Waals surface area (Å²) in [6.45, 7) is 4.90. The van der Waals surface area contributed by atoms with Crippen molar-refractivity contribution in [3.05, 3.63) is 77.4 Å². The predicted octanol–water partition coefficient (Wildman–Crippen LogP) is 3.59. The number of benzene rings is 2. The fourth-order valence-electron chi connectivity index (χ4n) is 4.18. The fourth-order valence-corrected chi connectivity index (χ4v) is 4.18. The van der Waals surface area contributed by atoms with Crippen LogP contribution in [0.2, 0.25) is 0 Å². The van der Waals surface area contributed by atoms with E-state index in [2.05, 4.69) is 11.9 Å². The Morgan fingerprint density at radius 2 is 1.69 bits per heavy atom. The number of hydrogen-bond acceptors (Lipinski definition) is 3. The lowest BCUT2D eigenvalue weighted by atomic mass is 10.1. The van der Waals surface area contributed by atoms with Crippen LogP contribution in [0.3, 0.4) is 0 Å². The van der Waals surface area contributed by atoms with Gasteiger partial charge in [-0.25, -0.2) is 0 Å². The summed E-state index contributed by atoms with van der Waals surface area (Å²) in [6, 6.07) is 15.5. The van der Waals surface area contributed by atoms with Crippen molar-refractivity contribution in [2.75, 3.05) is 6.54 Å². The summed E-state index contributed by atoms with van der Waals surface area (Å²) in [6.07, 6.45) is 4.40. The van der Waals surface area contributed by atoms with Gasteiger partial charge < -0.3 is 15.1 Å². The molecule has 3 amide bonds. The van der Waals surface area contributed by atoms with Gasteiger partial charge in [-0.2, -0.15) is 0 Å². The minimum atomic E-state index is -0.0866. The third-order valence-electron chi connectivity index (χ3n) is 6.38. The van der Waals surface area contributed by atoms with Crippen molar-refractivity contribution < 1.29 is 14.4 Å². The van der Waals surface area contributed by atoms with Gasteiger partial charge in [0.1, 0.15) is 0 Å². The van der Waals surface area contributed by atoms with Crippen LogP contribution >= 0.6 is 0 Å². The molecule has 0 aromatic heterocycles. The Balaban J connectivity index is 1.20. The van der Waals surface area contributed by atoms with E-state index < -0.39 is 0 Å². The lowest BCUT2D eigenvalue weighted by Crippen LogP contribution is -2.35. The van der Waals surface area contributed by atoms with Crippen molar-refractivity contribution in [2.24, 2.45) is 0 Å². The van der Waals surface area contributed by atoms with Crippen LogP contribution in [0.15, 0.2) is 55.1 Å². The van der Waals surface area contributed by atoms with E-state index in [4.69, 9.17) is 0 Å². The van der Waals surface area contributed by atoms with Crippen molar-refractivity contribution in [1.29, 1.82) is 0 Å². The number of hydrogen-bond donors (Lipinski definition) is 1. The zero-order valence-corrected chi connectivity index (χ0v) is 18.0. The van der Waals surface area contributed by atoms with Crippen LogP contribution in [0.5, 0.6) is 0 Å². The second kappa shape index (κ2) is 8.26. The van der Waals surface area contributed by atoms with Gasteiger partial charge in [-0.05, 0) is 49.4 Å². The molecule has 2 aromatic carbocycles. The average Bonchev–Trinajstić information content (AvgIpc) is 3.73. The van der Waals surface area contributed by atoms with E-state index in [1.54, 1.807) is 11.0 Å². The van der Waals surface area contributed by atoms with Gasteiger partial charge >= 0.3 is 0 Å². The molecule has 1 heterocycles. The summed E-state index contributed by atoms with van der Waals surface area (Å²) in [4.78, 5) is 41.5. The summed E-state index contributed by atoms with van der Waals surface area (Å²) < 4.78 is 0. The Morgan fingerprint density at radius 3 is 2.31 bits per heavy atom. The summed E-state index contributed by atoms with van der Waals surface area (Å²) in [5.41, 5.74) is 3.80. The van der Waals surface area contributed by atoms with E-state index in [0.717, 1.165) is 36.8 Å². The Hall–Kier alpha value is -3.41. The molecule has 2 fully saturated rings. The molecule has 2 saturated carbocycles. The lowest BCUT2D eigenvalue weighted by Gasteiger charge is -2.24. The molecule has 32 heavy (non-hydrogen) atoms. The molecule has 164 valence electrons. The van der Waals surface area contributed by atoms with E-state index in [0.29, 0.717) is 36.0 Å². The minimum absolute atomic E-state index is 0.0364. The average molecular weight is 430 g/mol. The zero-order chi connectivity index (χ0) is 22.2. The largest absolute Gasteiger partial charge is 0.349 e. The Kier molecular flexibility index (Phi) is 5.29. The van der Waals surface area contributed by atoms with Crippen LogP contribution in [0.25, 0.3) is 5.70 Å². The van der Waals surface area contributed by atoms with Gasteiger partial charge in [0, 0.05) is 54.0 Å². The molecule has 6 nitrogen and oxygen atoms in total. The predicted molar refractivity (Wildman–Crippen MR) is 122 cm³/mol. The Bertz CT molecular complexity index is 1050. The lowest BCUT2D eigenvalue weighted by molar-refractivity contribution is -0.132. The molecule has 0 unspecified atom stereocenters. The molecule has 0 atom stereocenters. The van der Waals surface area contributed by atoms with Crippen LogP contribution in [-0.2, 0) is 11.3 Å². The van der Waals surface area contributed by atoms with Crippen LogP contribution < -0.4 is 5.32 Å². The second-order valence-electron chi connectivity index (χ2n) is 8.90. The maximum absolute atomic E-state index is 13.1. The summed E-state index contributed by atoms with van der Waals surface area (Å²) in [5.74, 6) is -0.0817. The molecule has 2 aliphatic carbocycles. The quantitative estimate of drug-likeness (QED) is 0.697. The third kappa shape index (κ3) is 4.17. The molecule has 0 bridgehead atoms. The highest BCUT2D eigenvalue weighted by molar-refractivity contribution is 6.08. The topological polar surface area (TPSA) is 69.7 Å². The minimum Gasteiger partial charge on any atom is -0.349 e. The highest BCUT2D eigenvalue weighted by Gasteiger charge is 2.35. The highest BCUT2D eigenvalue weighted by Crippen LogP contribution is 2.32. The van der Waals surface area contributed by atoms with Gasteiger partial charge in [-0.1, -0.05) is 36.9 Å². The maximum atomic E-state index is 13.1. The summed E-state index contributed by atoms with van der Waals surface area (Å²) in [7, 11) is 0. The van der Waals surface area contributed by atoms with Crippen molar-refractivity contribution >= 4 is 23.4 Å². The number of nitrogens with zero attached hydrogens (tertiary/aromatic N) is 2. The molecule has 5 rings (SSSR count).